The first kappa shape index (κ1) is 35.4. The lowest BCUT2D eigenvalue weighted by Gasteiger charge is -2.09. The fourth-order valence-electron chi connectivity index (χ4n) is 8.39. The highest BCUT2D eigenvalue weighted by Crippen LogP contribution is 2.42. The highest BCUT2D eigenvalue weighted by atomic mass is 16.3. The molecule has 12 aromatic rings. The van der Waals surface area contributed by atoms with Crippen LogP contribution in [0.15, 0.2) is 209 Å². The van der Waals surface area contributed by atoms with E-state index in [9.17, 15) is 0 Å². The zero-order valence-corrected chi connectivity index (χ0v) is 33.1. The molecule has 0 aliphatic rings. The molecule has 0 saturated heterocycles. The van der Waals surface area contributed by atoms with Gasteiger partial charge in [-0.3, -0.25) is 0 Å². The monoisotopic (exact) mass is 795 g/mol. The molecule has 290 valence electrons. The molecule has 0 unspecified atom stereocenters. The summed E-state index contributed by atoms with van der Waals surface area (Å²) in [6.07, 6.45) is 0. The average Bonchev–Trinajstić information content (AvgIpc) is 3.93. The fourth-order valence-corrected chi connectivity index (χ4v) is 8.39. The molecule has 0 spiro atoms. The number of rotatable bonds is 7. The first-order valence-electron chi connectivity index (χ1n) is 20.5. The third-order valence-corrected chi connectivity index (χ3v) is 11.4. The van der Waals surface area contributed by atoms with Crippen LogP contribution in [0.5, 0.6) is 0 Å². The van der Waals surface area contributed by atoms with Gasteiger partial charge in [-0.1, -0.05) is 170 Å². The number of hydrogen-bond donors (Lipinski definition) is 0. The summed E-state index contributed by atoms with van der Waals surface area (Å²) in [5.74, 6) is 2.35. The van der Waals surface area contributed by atoms with E-state index < -0.39 is 0 Å². The normalized spacial score (nSPS) is 11.5. The largest absolute Gasteiger partial charge is 0.455 e. The second-order valence-corrected chi connectivity index (χ2v) is 15.2. The molecule has 0 radical (unpaired) electrons. The van der Waals surface area contributed by atoms with Gasteiger partial charge < -0.3 is 8.83 Å². The molecule has 62 heavy (non-hydrogen) atoms. The van der Waals surface area contributed by atoms with Crippen molar-refractivity contribution >= 4 is 44.0 Å². The molecule has 0 amide bonds. The number of aromatic nitrogens is 5. The van der Waals surface area contributed by atoms with E-state index in [4.69, 9.17) is 33.8 Å². The number of para-hydroxylation sites is 1. The molecule has 8 aromatic carbocycles. The second-order valence-electron chi connectivity index (χ2n) is 15.2. The Morgan fingerprint density at radius 2 is 0.823 bits per heavy atom. The van der Waals surface area contributed by atoms with Crippen LogP contribution in [0.2, 0.25) is 0 Å². The van der Waals surface area contributed by atoms with Gasteiger partial charge in [-0.15, -0.1) is 0 Å². The van der Waals surface area contributed by atoms with E-state index in [1.165, 1.54) is 0 Å². The molecule has 0 saturated carbocycles. The Labute approximate surface area is 355 Å². The Bertz CT molecular complexity index is 3570. The quantitative estimate of drug-likeness (QED) is 0.159. The fraction of sp³-hybridized carbons (Fsp3) is 0. The van der Waals surface area contributed by atoms with Gasteiger partial charge in [0.1, 0.15) is 28.0 Å². The maximum absolute atomic E-state index is 6.77. The number of nitrogens with zero attached hydrogens (tertiary/aromatic N) is 5. The van der Waals surface area contributed by atoms with E-state index in [1.54, 1.807) is 0 Å². The molecule has 12 rings (SSSR count). The van der Waals surface area contributed by atoms with Crippen LogP contribution in [0.4, 0.5) is 0 Å². The number of fused-ring (bicyclic) bond motifs is 6. The Morgan fingerprint density at radius 3 is 1.50 bits per heavy atom. The third-order valence-electron chi connectivity index (χ3n) is 11.4. The zero-order valence-electron chi connectivity index (χ0n) is 33.1. The van der Waals surface area contributed by atoms with Crippen LogP contribution in [-0.4, -0.2) is 24.9 Å². The summed E-state index contributed by atoms with van der Waals surface area (Å²) in [5, 5.41) is 2.90. The molecular formula is C55H33N5O2. The first-order valence-corrected chi connectivity index (χ1v) is 20.5. The van der Waals surface area contributed by atoms with Crippen molar-refractivity contribution in [1.82, 2.24) is 24.9 Å². The number of hydrogen-bond acceptors (Lipinski definition) is 7. The Morgan fingerprint density at radius 1 is 0.290 bits per heavy atom. The van der Waals surface area contributed by atoms with Crippen molar-refractivity contribution in [2.75, 3.05) is 0 Å². The lowest BCUT2D eigenvalue weighted by atomic mass is 9.96. The van der Waals surface area contributed by atoms with Crippen molar-refractivity contribution in [2.24, 2.45) is 0 Å². The third kappa shape index (κ3) is 6.11. The molecule has 4 aromatic heterocycles. The van der Waals surface area contributed by atoms with Gasteiger partial charge in [-0.05, 0) is 52.6 Å². The lowest BCUT2D eigenvalue weighted by molar-refractivity contribution is 0.667. The molecular weight excluding hydrogens is 763 g/mol. The highest BCUT2D eigenvalue weighted by Gasteiger charge is 2.22. The predicted molar refractivity (Wildman–Crippen MR) is 248 cm³/mol. The molecule has 0 aliphatic heterocycles. The average molecular weight is 796 g/mol. The minimum absolute atomic E-state index is 0.537. The number of furan rings is 2. The van der Waals surface area contributed by atoms with Crippen LogP contribution >= 0.6 is 0 Å². The summed E-state index contributed by atoms with van der Waals surface area (Å²) in [4.78, 5) is 25.3. The van der Waals surface area contributed by atoms with Gasteiger partial charge in [0.25, 0.3) is 0 Å². The maximum atomic E-state index is 6.77. The molecule has 0 N–H and O–H groups in total. The Hall–Kier alpha value is -8.55. The van der Waals surface area contributed by atoms with E-state index in [-0.39, 0.29) is 0 Å². The van der Waals surface area contributed by atoms with Gasteiger partial charge in [0.15, 0.2) is 28.9 Å². The highest BCUT2D eigenvalue weighted by molar-refractivity contribution is 6.15. The van der Waals surface area contributed by atoms with Gasteiger partial charge in [0, 0.05) is 38.4 Å². The minimum atomic E-state index is 0.537. The number of benzene rings is 8. The Kier molecular flexibility index (Phi) is 8.35. The van der Waals surface area contributed by atoms with Gasteiger partial charge in [-0.2, -0.15) is 0 Å². The van der Waals surface area contributed by atoms with Crippen LogP contribution in [0.3, 0.4) is 0 Å². The molecule has 0 bridgehead atoms. The van der Waals surface area contributed by atoms with Gasteiger partial charge in [0.2, 0.25) is 0 Å². The van der Waals surface area contributed by atoms with Crippen molar-refractivity contribution in [3.8, 4) is 79.1 Å². The Balaban J connectivity index is 1.02. The summed E-state index contributed by atoms with van der Waals surface area (Å²) in [5.41, 5.74) is 13.0. The second kappa shape index (κ2) is 14.6. The smallest absolute Gasteiger partial charge is 0.180 e. The molecule has 7 nitrogen and oxygen atoms in total. The molecule has 4 heterocycles. The minimum Gasteiger partial charge on any atom is -0.455 e. The molecule has 0 fully saturated rings. The first-order chi connectivity index (χ1) is 30.7. The van der Waals surface area contributed by atoms with E-state index in [1.807, 2.05) is 127 Å². The van der Waals surface area contributed by atoms with Crippen molar-refractivity contribution < 1.29 is 8.83 Å². The molecule has 0 aliphatic carbocycles. The van der Waals surface area contributed by atoms with Crippen molar-refractivity contribution in [3.63, 3.8) is 0 Å². The summed E-state index contributed by atoms with van der Waals surface area (Å²) in [7, 11) is 0. The molecule has 7 heteroatoms. The maximum Gasteiger partial charge on any atom is 0.180 e. The van der Waals surface area contributed by atoms with Crippen LogP contribution in [0.25, 0.3) is 123 Å². The van der Waals surface area contributed by atoms with Crippen LogP contribution in [-0.2, 0) is 0 Å². The summed E-state index contributed by atoms with van der Waals surface area (Å²) < 4.78 is 13.4. The summed E-state index contributed by atoms with van der Waals surface area (Å²) in [6, 6.07) is 67.6. The van der Waals surface area contributed by atoms with Crippen molar-refractivity contribution in [1.29, 1.82) is 0 Å². The van der Waals surface area contributed by atoms with Crippen LogP contribution < -0.4 is 0 Å². The zero-order chi connectivity index (χ0) is 41.0. The van der Waals surface area contributed by atoms with Crippen molar-refractivity contribution in [2.45, 2.75) is 0 Å². The van der Waals surface area contributed by atoms with Crippen LogP contribution in [0, 0.1) is 0 Å². The summed E-state index contributed by atoms with van der Waals surface area (Å²) >= 11 is 0. The SMILES string of the molecule is c1ccc(-c2ccc3oc4c(-c5cccc(-c6cccc7oc8c(-c9nc(-c%10ccccc%10)nc(-c%10ccccc%10)n9)cccc8c67)c5)nc(-c5ccccc5)nc4c3c2)cc1. The van der Waals surface area contributed by atoms with Gasteiger partial charge in [0.05, 0.1) is 5.56 Å². The van der Waals surface area contributed by atoms with Crippen LogP contribution in [0.1, 0.15) is 0 Å². The predicted octanol–water partition coefficient (Wildman–Crippen LogP) is 14.1. The molecule has 0 atom stereocenters. The van der Waals surface area contributed by atoms with E-state index >= 15 is 0 Å². The van der Waals surface area contributed by atoms with Crippen molar-refractivity contribution in [3.05, 3.63) is 200 Å². The standard InChI is InChI=1S/C55H33N5O2/c1-5-16-34(17-6-1)38-30-31-45-44(33-38)49-51(61-45)48(56-52(57-49)35-18-7-2-8-19-35)40-25-13-24-39(32-40)41-26-15-29-46-47(41)42-27-14-28-43(50(42)62-46)55-59-53(36-20-9-3-10-21-36)58-54(60-55)37-22-11-4-12-23-37/h1-33H. The van der Waals surface area contributed by atoms with Gasteiger partial charge in [-0.25, -0.2) is 24.9 Å². The lowest BCUT2D eigenvalue weighted by Crippen LogP contribution is -2.00. The summed E-state index contributed by atoms with van der Waals surface area (Å²) in [6.45, 7) is 0. The van der Waals surface area contributed by atoms with E-state index in [0.717, 1.165) is 88.6 Å². The van der Waals surface area contributed by atoms with E-state index in [2.05, 4.69) is 72.8 Å². The van der Waals surface area contributed by atoms with E-state index in [0.29, 0.717) is 34.5 Å². The topological polar surface area (TPSA) is 90.7 Å². The van der Waals surface area contributed by atoms with Gasteiger partial charge >= 0.3 is 0 Å².